The molecule has 4 nitrogen and oxygen atoms in total. The first kappa shape index (κ1) is 12.8. The fraction of sp³-hybridized carbons (Fsp3) is 0.250. The van der Waals surface area contributed by atoms with E-state index in [-0.39, 0.29) is 11.4 Å². The van der Waals surface area contributed by atoms with Gasteiger partial charge in [-0.25, -0.2) is 4.39 Å². The second kappa shape index (κ2) is 4.69. The van der Waals surface area contributed by atoms with E-state index in [9.17, 15) is 23.3 Å². The maximum absolute atomic E-state index is 12.7. The van der Waals surface area contributed by atoms with E-state index in [0.717, 1.165) is 24.3 Å². The Hall–Kier alpha value is -1.31. The van der Waals surface area contributed by atoms with Crippen LogP contribution in [0.4, 0.5) is 18.9 Å². The van der Waals surface area contributed by atoms with Crippen LogP contribution in [-0.4, -0.2) is 16.1 Å². The van der Waals surface area contributed by atoms with Crippen molar-refractivity contribution in [2.45, 2.75) is 11.2 Å². The van der Waals surface area contributed by atoms with Crippen LogP contribution in [-0.2, 0) is 0 Å². The minimum atomic E-state index is -4.03. The van der Waals surface area contributed by atoms with Gasteiger partial charge < -0.3 is 4.74 Å². The summed E-state index contributed by atoms with van der Waals surface area (Å²) in [5, 5.41) is 7.60. The lowest BCUT2D eigenvalue weighted by molar-refractivity contribution is -0.384. The quantitative estimate of drug-likeness (QED) is 0.487. The molecular formula is C8H5BrF3NO3. The molecule has 88 valence electrons. The van der Waals surface area contributed by atoms with Crippen molar-refractivity contribution in [3.05, 3.63) is 34.4 Å². The molecule has 0 bridgehead atoms. The summed E-state index contributed by atoms with van der Waals surface area (Å²) >= 11 is 2.04. The van der Waals surface area contributed by atoms with Gasteiger partial charge in [0.15, 0.2) is 0 Å². The highest BCUT2D eigenvalue weighted by Crippen LogP contribution is 2.30. The predicted octanol–water partition coefficient (Wildman–Crippen LogP) is 3.26. The number of nitro benzene ring substituents is 1. The molecular weight excluding hydrogens is 295 g/mol. The number of rotatable bonds is 4. The van der Waals surface area contributed by atoms with Crippen molar-refractivity contribution >= 4 is 21.6 Å². The van der Waals surface area contributed by atoms with Gasteiger partial charge >= 0.3 is 6.11 Å². The van der Waals surface area contributed by atoms with Crippen LogP contribution in [0.5, 0.6) is 5.75 Å². The third-order valence-electron chi connectivity index (χ3n) is 1.56. The van der Waals surface area contributed by atoms with E-state index < -0.39 is 16.1 Å². The Bertz CT molecular complexity index is 383. The van der Waals surface area contributed by atoms with Crippen LogP contribution in [0.2, 0.25) is 0 Å². The van der Waals surface area contributed by atoms with Gasteiger partial charge in [0.05, 0.1) is 4.92 Å². The smallest absolute Gasteiger partial charge is 0.430 e. The molecule has 0 fully saturated rings. The van der Waals surface area contributed by atoms with Crippen molar-refractivity contribution in [1.29, 1.82) is 0 Å². The molecule has 16 heavy (non-hydrogen) atoms. The summed E-state index contributed by atoms with van der Waals surface area (Å²) in [7, 11) is 0. The highest BCUT2D eigenvalue weighted by atomic mass is 79.9. The maximum Gasteiger partial charge on any atom is 0.440 e. The largest absolute Gasteiger partial charge is 0.440 e. The van der Waals surface area contributed by atoms with Crippen LogP contribution in [0, 0.1) is 10.1 Å². The molecule has 1 rings (SSSR count). The predicted molar refractivity (Wildman–Crippen MR) is 52.5 cm³/mol. The molecule has 0 aromatic heterocycles. The van der Waals surface area contributed by atoms with Crippen LogP contribution >= 0.6 is 15.9 Å². The minimum absolute atomic E-state index is 0.272. The molecule has 1 aromatic carbocycles. The Morgan fingerprint density at radius 3 is 2.25 bits per heavy atom. The second-order valence-corrected chi connectivity index (χ2v) is 3.52. The summed E-state index contributed by atoms with van der Waals surface area (Å²) < 4.78 is 41.8. The standard InChI is InChI=1S/C8H5BrF3NO3/c9-7(10)8(11,12)16-6-3-1-5(2-4-6)13(14)15/h1-4,7H. The topological polar surface area (TPSA) is 52.4 Å². The van der Waals surface area contributed by atoms with E-state index in [1.807, 2.05) is 15.9 Å². The Kier molecular flexibility index (Phi) is 3.74. The van der Waals surface area contributed by atoms with Crippen molar-refractivity contribution in [1.82, 2.24) is 0 Å². The molecule has 1 atom stereocenters. The maximum atomic E-state index is 12.7. The molecule has 1 unspecified atom stereocenters. The van der Waals surface area contributed by atoms with Gasteiger partial charge in [-0.3, -0.25) is 10.1 Å². The van der Waals surface area contributed by atoms with Crippen molar-refractivity contribution in [3.63, 3.8) is 0 Å². The van der Waals surface area contributed by atoms with Crippen LogP contribution in [0.1, 0.15) is 0 Å². The zero-order chi connectivity index (χ0) is 12.3. The average Bonchev–Trinajstić information content (AvgIpc) is 2.17. The fourth-order valence-electron chi connectivity index (χ4n) is 0.838. The normalized spacial score (nSPS) is 13.2. The van der Waals surface area contributed by atoms with E-state index in [1.165, 1.54) is 0 Å². The number of ether oxygens (including phenoxy) is 1. The molecule has 8 heteroatoms. The van der Waals surface area contributed by atoms with Crippen LogP contribution in [0.3, 0.4) is 0 Å². The molecule has 0 saturated carbocycles. The number of hydrogen-bond donors (Lipinski definition) is 0. The highest BCUT2D eigenvalue weighted by molar-refractivity contribution is 9.09. The van der Waals surface area contributed by atoms with Crippen molar-refractivity contribution < 1.29 is 22.8 Å². The zero-order valence-corrected chi connectivity index (χ0v) is 9.16. The molecule has 0 N–H and O–H groups in total. The Labute approximate surface area is 96.3 Å². The van der Waals surface area contributed by atoms with Crippen LogP contribution in [0.25, 0.3) is 0 Å². The first-order chi connectivity index (χ1) is 7.33. The van der Waals surface area contributed by atoms with Crippen molar-refractivity contribution in [3.8, 4) is 5.75 Å². The van der Waals surface area contributed by atoms with E-state index in [1.54, 1.807) is 0 Å². The summed E-state index contributed by atoms with van der Waals surface area (Å²) in [6.45, 7) is 0. The third kappa shape index (κ3) is 3.09. The van der Waals surface area contributed by atoms with E-state index in [4.69, 9.17) is 0 Å². The Morgan fingerprint density at radius 2 is 1.88 bits per heavy atom. The van der Waals surface area contributed by atoms with Gasteiger partial charge in [-0.05, 0) is 28.1 Å². The van der Waals surface area contributed by atoms with Crippen molar-refractivity contribution in [2.24, 2.45) is 0 Å². The van der Waals surface area contributed by atoms with Gasteiger partial charge in [0.2, 0.25) is 0 Å². The molecule has 0 aliphatic carbocycles. The van der Waals surface area contributed by atoms with E-state index in [2.05, 4.69) is 4.74 Å². The summed E-state index contributed by atoms with van der Waals surface area (Å²) in [6, 6.07) is 3.88. The lowest BCUT2D eigenvalue weighted by atomic mass is 10.3. The van der Waals surface area contributed by atoms with E-state index in [0.29, 0.717) is 0 Å². The van der Waals surface area contributed by atoms with Gasteiger partial charge in [0.1, 0.15) is 5.75 Å². The summed E-state index contributed by atoms with van der Waals surface area (Å²) in [6.07, 6.45) is -4.03. The zero-order valence-electron chi connectivity index (χ0n) is 7.57. The first-order valence-electron chi connectivity index (χ1n) is 3.92. The number of benzene rings is 1. The first-order valence-corrected chi connectivity index (χ1v) is 4.84. The molecule has 0 amide bonds. The monoisotopic (exact) mass is 299 g/mol. The Morgan fingerprint density at radius 1 is 1.38 bits per heavy atom. The van der Waals surface area contributed by atoms with Gasteiger partial charge in [0, 0.05) is 12.1 Å². The molecule has 0 heterocycles. The number of alkyl halides is 4. The van der Waals surface area contributed by atoms with Crippen molar-refractivity contribution in [2.75, 3.05) is 0 Å². The summed E-state index contributed by atoms with van der Waals surface area (Å²) in [4.78, 5) is 9.56. The molecule has 0 radical (unpaired) electrons. The lowest BCUT2D eigenvalue weighted by Crippen LogP contribution is -2.32. The highest BCUT2D eigenvalue weighted by Gasteiger charge is 2.41. The number of halogens is 4. The molecule has 0 aliphatic rings. The van der Waals surface area contributed by atoms with Crippen LogP contribution in [0.15, 0.2) is 24.3 Å². The molecule has 0 saturated heterocycles. The summed E-state index contributed by atoms with van der Waals surface area (Å²) in [5.41, 5.74) is -0.272. The minimum Gasteiger partial charge on any atom is -0.430 e. The lowest BCUT2D eigenvalue weighted by Gasteiger charge is -2.17. The molecule has 1 aromatic rings. The van der Waals surface area contributed by atoms with Gasteiger partial charge in [-0.1, -0.05) is 0 Å². The molecule has 0 spiro atoms. The van der Waals surface area contributed by atoms with Gasteiger partial charge in [-0.15, -0.1) is 0 Å². The number of nitro groups is 1. The SMILES string of the molecule is O=[N+]([O-])c1ccc(OC(F)(F)C(F)Br)cc1. The summed E-state index contributed by atoms with van der Waals surface area (Å²) in [5.74, 6) is -0.363. The van der Waals surface area contributed by atoms with Gasteiger partial charge in [-0.2, -0.15) is 8.78 Å². The Balaban J connectivity index is 2.80. The van der Waals surface area contributed by atoms with Crippen LogP contribution < -0.4 is 4.74 Å². The molecule has 0 aliphatic heterocycles. The average molecular weight is 300 g/mol. The number of hydrogen-bond acceptors (Lipinski definition) is 3. The fourth-order valence-corrected chi connectivity index (χ4v) is 0.931. The third-order valence-corrected chi connectivity index (χ3v) is 2.09. The number of nitrogens with zero attached hydrogens (tertiary/aromatic N) is 1. The number of non-ortho nitro benzene ring substituents is 1. The second-order valence-electron chi connectivity index (χ2n) is 2.72. The van der Waals surface area contributed by atoms with Gasteiger partial charge in [0.25, 0.3) is 10.8 Å². The van der Waals surface area contributed by atoms with E-state index >= 15 is 0 Å².